The minimum Gasteiger partial charge on any atom is -0.310 e. The summed E-state index contributed by atoms with van der Waals surface area (Å²) in [4.78, 5) is 2.39. The molecular weight excluding hydrogens is 605 g/mol. The topological polar surface area (TPSA) is 8.17 Å². The highest BCUT2D eigenvalue weighted by molar-refractivity contribution is 6.18. The number of rotatable bonds is 5. The molecule has 0 aliphatic carbocycles. The summed E-state index contributed by atoms with van der Waals surface area (Å²) in [5, 5.41) is 10.1. The summed E-state index contributed by atoms with van der Waals surface area (Å²) in [5.74, 6) is 0. The van der Waals surface area contributed by atoms with E-state index >= 15 is 0 Å². The van der Waals surface area contributed by atoms with Crippen LogP contribution in [0.4, 0.5) is 17.1 Å². The fourth-order valence-electron chi connectivity index (χ4n) is 7.79. The highest BCUT2D eigenvalue weighted by Crippen LogP contribution is 2.42. The minimum absolute atomic E-state index is 1.11. The fourth-order valence-corrected chi connectivity index (χ4v) is 7.79. The third kappa shape index (κ3) is 4.57. The van der Waals surface area contributed by atoms with E-state index in [1.807, 2.05) is 0 Å². The van der Waals surface area contributed by atoms with Crippen molar-refractivity contribution in [3.63, 3.8) is 0 Å². The van der Waals surface area contributed by atoms with Gasteiger partial charge < -0.3 is 9.47 Å². The van der Waals surface area contributed by atoms with Crippen LogP contribution < -0.4 is 4.90 Å². The average Bonchev–Trinajstić information content (AvgIpc) is 3.52. The summed E-state index contributed by atoms with van der Waals surface area (Å²) in [6.07, 6.45) is 0. The van der Waals surface area contributed by atoms with Gasteiger partial charge in [0.15, 0.2) is 0 Å². The molecule has 234 valence electrons. The normalized spacial score (nSPS) is 11.6. The van der Waals surface area contributed by atoms with Crippen molar-refractivity contribution in [2.75, 3.05) is 4.90 Å². The maximum atomic E-state index is 2.39. The van der Waals surface area contributed by atoms with Crippen LogP contribution >= 0.6 is 0 Å². The molecule has 0 aliphatic rings. The van der Waals surface area contributed by atoms with Crippen molar-refractivity contribution in [2.24, 2.45) is 0 Å². The smallest absolute Gasteiger partial charge is 0.0561 e. The maximum Gasteiger partial charge on any atom is 0.0561 e. The number of aromatic nitrogens is 1. The van der Waals surface area contributed by atoms with Crippen LogP contribution in [0.5, 0.6) is 0 Å². The Kier molecular flexibility index (Phi) is 6.53. The summed E-state index contributed by atoms with van der Waals surface area (Å²) in [6.45, 7) is 0. The lowest BCUT2D eigenvalue weighted by Crippen LogP contribution is -2.10. The van der Waals surface area contributed by atoms with Crippen molar-refractivity contribution >= 4 is 71.2 Å². The summed E-state index contributed by atoms with van der Waals surface area (Å²) in [6, 6.07) is 70.5. The van der Waals surface area contributed by atoms with Crippen molar-refractivity contribution in [1.29, 1.82) is 0 Å². The maximum absolute atomic E-state index is 2.39. The van der Waals surface area contributed by atoms with Crippen LogP contribution in [0.25, 0.3) is 70.9 Å². The van der Waals surface area contributed by atoms with Gasteiger partial charge in [0, 0.05) is 33.5 Å². The zero-order valence-corrected chi connectivity index (χ0v) is 27.4. The van der Waals surface area contributed by atoms with E-state index in [0.29, 0.717) is 0 Å². The van der Waals surface area contributed by atoms with E-state index in [1.54, 1.807) is 0 Å². The molecule has 9 aromatic carbocycles. The fraction of sp³-hybridized carbons (Fsp3) is 0. The molecule has 0 bridgehead atoms. The molecule has 0 unspecified atom stereocenters. The third-order valence-electron chi connectivity index (χ3n) is 10.1. The zero-order valence-electron chi connectivity index (χ0n) is 27.4. The molecule has 2 heteroatoms. The molecule has 0 spiro atoms. The Hall–Kier alpha value is -6.64. The summed E-state index contributed by atoms with van der Waals surface area (Å²) in [5.41, 5.74) is 9.28. The molecule has 10 rings (SSSR count). The van der Waals surface area contributed by atoms with E-state index in [4.69, 9.17) is 0 Å². The Balaban J connectivity index is 1.19. The zero-order chi connectivity index (χ0) is 33.0. The van der Waals surface area contributed by atoms with Gasteiger partial charge in [0.1, 0.15) is 0 Å². The van der Waals surface area contributed by atoms with Crippen LogP contribution in [0.3, 0.4) is 0 Å². The predicted octanol–water partition coefficient (Wildman–Crippen LogP) is 13.4. The molecular formula is C48H32N2. The van der Waals surface area contributed by atoms with Gasteiger partial charge in [-0.25, -0.2) is 0 Å². The van der Waals surface area contributed by atoms with Crippen LogP contribution in [0.1, 0.15) is 0 Å². The number of benzene rings is 9. The van der Waals surface area contributed by atoms with Crippen molar-refractivity contribution in [1.82, 2.24) is 4.57 Å². The van der Waals surface area contributed by atoms with Gasteiger partial charge >= 0.3 is 0 Å². The number of anilines is 3. The van der Waals surface area contributed by atoms with E-state index in [1.165, 1.54) is 65.3 Å². The predicted molar refractivity (Wildman–Crippen MR) is 213 cm³/mol. The lowest BCUT2D eigenvalue weighted by molar-refractivity contribution is 1.18. The molecule has 1 heterocycles. The molecule has 0 N–H and O–H groups in total. The summed E-state index contributed by atoms with van der Waals surface area (Å²) in [7, 11) is 0. The number of nitrogens with zero attached hydrogens (tertiary/aromatic N) is 2. The first-order valence-electron chi connectivity index (χ1n) is 17.2. The second kappa shape index (κ2) is 11.5. The van der Waals surface area contributed by atoms with Crippen molar-refractivity contribution in [3.05, 3.63) is 194 Å². The molecule has 50 heavy (non-hydrogen) atoms. The first-order chi connectivity index (χ1) is 24.8. The summed E-state index contributed by atoms with van der Waals surface area (Å²) >= 11 is 0. The molecule has 0 atom stereocenters. The van der Waals surface area contributed by atoms with E-state index in [2.05, 4.69) is 204 Å². The molecule has 0 saturated carbocycles. The van der Waals surface area contributed by atoms with Crippen LogP contribution in [0, 0.1) is 0 Å². The van der Waals surface area contributed by atoms with Gasteiger partial charge in [-0.2, -0.15) is 0 Å². The Morgan fingerprint density at radius 1 is 0.300 bits per heavy atom. The number of fused-ring (bicyclic) bond motifs is 8. The Labute approximate surface area is 290 Å². The third-order valence-corrected chi connectivity index (χ3v) is 10.1. The highest BCUT2D eigenvalue weighted by Gasteiger charge is 2.18. The van der Waals surface area contributed by atoms with E-state index in [-0.39, 0.29) is 0 Å². The van der Waals surface area contributed by atoms with Crippen molar-refractivity contribution in [3.8, 4) is 16.8 Å². The van der Waals surface area contributed by atoms with Crippen molar-refractivity contribution in [2.45, 2.75) is 0 Å². The number of hydrogen-bond donors (Lipinski definition) is 0. The largest absolute Gasteiger partial charge is 0.310 e. The molecule has 1 aromatic heterocycles. The molecule has 0 amide bonds. The second-order valence-electron chi connectivity index (χ2n) is 13.0. The quantitative estimate of drug-likeness (QED) is 0.171. The van der Waals surface area contributed by atoms with E-state index < -0.39 is 0 Å². The van der Waals surface area contributed by atoms with Crippen LogP contribution in [-0.4, -0.2) is 4.57 Å². The standard InChI is InChI=1S/C48H32N2/c1-3-11-33(12-4-1)34-19-23-38(24-20-34)49(39-25-29-42-36(31-39)22-28-43-41-16-8-7-13-35(41)21-27-44(42)43)40-26-30-46-45-17-9-10-18-47(45)50(48(46)32-40)37-14-5-2-6-15-37/h1-32H. The highest BCUT2D eigenvalue weighted by atomic mass is 15.1. The van der Waals surface area contributed by atoms with E-state index in [0.717, 1.165) is 22.7 Å². The molecule has 10 aromatic rings. The van der Waals surface area contributed by atoms with Gasteiger partial charge in [0.25, 0.3) is 0 Å². The van der Waals surface area contributed by atoms with E-state index in [9.17, 15) is 0 Å². The first-order valence-corrected chi connectivity index (χ1v) is 17.2. The second-order valence-corrected chi connectivity index (χ2v) is 13.0. The molecule has 0 aliphatic heterocycles. The summed E-state index contributed by atoms with van der Waals surface area (Å²) < 4.78 is 2.39. The first kappa shape index (κ1) is 28.4. The average molecular weight is 637 g/mol. The molecule has 0 saturated heterocycles. The van der Waals surface area contributed by atoms with Gasteiger partial charge in [-0.1, -0.05) is 140 Å². The Morgan fingerprint density at radius 2 is 0.820 bits per heavy atom. The van der Waals surface area contributed by atoms with Gasteiger partial charge in [0.05, 0.1) is 11.0 Å². The van der Waals surface area contributed by atoms with Gasteiger partial charge in [-0.05, 0) is 98.0 Å². The van der Waals surface area contributed by atoms with Crippen LogP contribution in [0.2, 0.25) is 0 Å². The van der Waals surface area contributed by atoms with Crippen molar-refractivity contribution < 1.29 is 0 Å². The lowest BCUT2D eigenvalue weighted by atomic mass is 9.96. The number of para-hydroxylation sites is 2. The van der Waals surface area contributed by atoms with Crippen LogP contribution in [-0.2, 0) is 0 Å². The van der Waals surface area contributed by atoms with Gasteiger partial charge in [-0.15, -0.1) is 0 Å². The SMILES string of the molecule is c1ccc(-c2ccc(N(c3ccc4c(ccc5c6ccccc6ccc45)c3)c3ccc4c5ccccc5n(-c5ccccc5)c4c3)cc2)cc1. The number of hydrogen-bond acceptors (Lipinski definition) is 1. The lowest BCUT2D eigenvalue weighted by Gasteiger charge is -2.26. The monoisotopic (exact) mass is 636 g/mol. The minimum atomic E-state index is 1.11. The van der Waals surface area contributed by atoms with Gasteiger partial charge in [0.2, 0.25) is 0 Å². The molecule has 0 fully saturated rings. The molecule has 2 nitrogen and oxygen atoms in total. The van der Waals surface area contributed by atoms with Gasteiger partial charge in [-0.3, -0.25) is 0 Å². The Bertz CT molecular complexity index is 2850. The molecule has 0 radical (unpaired) electrons. The van der Waals surface area contributed by atoms with Crippen LogP contribution in [0.15, 0.2) is 194 Å². The Morgan fingerprint density at radius 3 is 1.60 bits per heavy atom.